The molecule has 4 aromatic rings. The summed E-state index contributed by atoms with van der Waals surface area (Å²) in [6.45, 7) is 0.421. The third-order valence-electron chi connectivity index (χ3n) is 5.70. The van der Waals surface area contributed by atoms with Crippen molar-refractivity contribution in [3.05, 3.63) is 118 Å². The van der Waals surface area contributed by atoms with Crippen molar-refractivity contribution in [2.75, 3.05) is 13.7 Å². The van der Waals surface area contributed by atoms with Crippen LogP contribution in [0.25, 0.3) is 22.4 Å². The Kier molecular flexibility index (Phi) is 8.69. The highest BCUT2D eigenvalue weighted by Crippen LogP contribution is 2.29. The van der Waals surface area contributed by atoms with Gasteiger partial charge in [0.05, 0.1) is 24.1 Å². The number of nitrogens with one attached hydrogen (secondary N) is 2. The van der Waals surface area contributed by atoms with Gasteiger partial charge in [0.25, 0.3) is 11.5 Å². The molecule has 0 bridgehead atoms. The van der Waals surface area contributed by atoms with Gasteiger partial charge in [-0.25, -0.2) is 0 Å². The van der Waals surface area contributed by atoms with Gasteiger partial charge in [0.15, 0.2) is 0 Å². The Morgan fingerprint density at radius 2 is 1.92 bits per heavy atom. The molecule has 2 heterocycles. The van der Waals surface area contributed by atoms with Crippen LogP contribution in [0.3, 0.4) is 0 Å². The van der Waals surface area contributed by atoms with Crippen LogP contribution in [0.5, 0.6) is 5.75 Å². The van der Waals surface area contributed by atoms with E-state index in [0.717, 1.165) is 5.56 Å². The van der Waals surface area contributed by atoms with Crippen LogP contribution in [0.4, 0.5) is 0 Å². The van der Waals surface area contributed by atoms with E-state index in [2.05, 4.69) is 15.6 Å². The zero-order valence-electron chi connectivity index (χ0n) is 20.6. The van der Waals surface area contributed by atoms with Crippen molar-refractivity contribution in [3.8, 4) is 22.6 Å². The Morgan fingerprint density at radius 1 is 1.11 bits per heavy atom. The minimum Gasteiger partial charge on any atom is -0.493 e. The first kappa shape index (κ1) is 26.4. The van der Waals surface area contributed by atoms with Crippen LogP contribution in [0.2, 0.25) is 5.02 Å². The van der Waals surface area contributed by atoms with E-state index in [1.807, 2.05) is 30.3 Å². The molecule has 0 aliphatic rings. The molecule has 0 spiro atoms. The Bertz CT molecular complexity index is 1520. The van der Waals surface area contributed by atoms with Crippen LogP contribution < -0.4 is 20.9 Å². The lowest BCUT2D eigenvalue weighted by atomic mass is 10.0. The SMILES string of the molecule is CNC(=O)/C(=C\NC=O)c1cc(-c2cc(Cl)cc(OCCc3ccccc3)c2)c(=O)n(-c2cccnc2)c1. The van der Waals surface area contributed by atoms with Gasteiger partial charge in [-0.15, -0.1) is 0 Å². The van der Waals surface area contributed by atoms with Crippen molar-refractivity contribution in [2.45, 2.75) is 6.42 Å². The van der Waals surface area contributed by atoms with Gasteiger partial charge in [-0.1, -0.05) is 41.9 Å². The van der Waals surface area contributed by atoms with E-state index in [1.165, 1.54) is 30.2 Å². The van der Waals surface area contributed by atoms with Crippen molar-refractivity contribution in [2.24, 2.45) is 0 Å². The third kappa shape index (κ3) is 6.35. The van der Waals surface area contributed by atoms with Gasteiger partial charge in [0.2, 0.25) is 6.41 Å². The van der Waals surface area contributed by atoms with E-state index in [0.29, 0.717) is 47.0 Å². The first-order chi connectivity index (χ1) is 18.5. The molecule has 2 N–H and O–H groups in total. The number of aromatic nitrogens is 2. The normalized spacial score (nSPS) is 11.1. The fraction of sp³-hybridized carbons (Fsp3) is 0.103. The quantitative estimate of drug-likeness (QED) is 0.239. The molecule has 192 valence electrons. The smallest absolute Gasteiger partial charge is 0.263 e. The summed E-state index contributed by atoms with van der Waals surface area (Å²) >= 11 is 6.43. The molecule has 0 fully saturated rings. The predicted molar refractivity (Wildman–Crippen MR) is 147 cm³/mol. The number of hydrogen-bond acceptors (Lipinski definition) is 5. The summed E-state index contributed by atoms with van der Waals surface area (Å²) in [4.78, 5) is 41.4. The van der Waals surface area contributed by atoms with Gasteiger partial charge in [0.1, 0.15) is 5.75 Å². The van der Waals surface area contributed by atoms with Gasteiger partial charge in [-0.2, -0.15) is 0 Å². The maximum absolute atomic E-state index is 13.7. The second-order valence-corrected chi connectivity index (χ2v) is 8.65. The summed E-state index contributed by atoms with van der Waals surface area (Å²) in [5, 5.41) is 5.35. The van der Waals surface area contributed by atoms with Crippen LogP contribution in [-0.2, 0) is 16.0 Å². The topological polar surface area (TPSA) is 102 Å². The molecule has 9 heteroatoms. The molecule has 0 saturated carbocycles. The average molecular weight is 529 g/mol. The number of nitrogens with zero attached hydrogens (tertiary/aromatic N) is 2. The minimum absolute atomic E-state index is 0.153. The largest absolute Gasteiger partial charge is 0.493 e. The van der Waals surface area contributed by atoms with Gasteiger partial charge < -0.3 is 15.4 Å². The van der Waals surface area contributed by atoms with Crippen LogP contribution in [0.1, 0.15) is 11.1 Å². The van der Waals surface area contributed by atoms with Crippen molar-refractivity contribution >= 4 is 29.5 Å². The lowest BCUT2D eigenvalue weighted by Crippen LogP contribution is -2.24. The zero-order valence-corrected chi connectivity index (χ0v) is 21.3. The van der Waals surface area contributed by atoms with E-state index < -0.39 is 5.91 Å². The Balaban J connectivity index is 1.80. The van der Waals surface area contributed by atoms with E-state index in [-0.39, 0.29) is 16.7 Å². The molecule has 0 unspecified atom stereocenters. The van der Waals surface area contributed by atoms with E-state index in [9.17, 15) is 14.4 Å². The summed E-state index contributed by atoms with van der Waals surface area (Å²) in [7, 11) is 1.48. The van der Waals surface area contributed by atoms with Crippen LogP contribution >= 0.6 is 11.6 Å². The van der Waals surface area contributed by atoms with Crippen molar-refractivity contribution < 1.29 is 14.3 Å². The molecule has 0 atom stereocenters. The maximum atomic E-state index is 13.7. The highest BCUT2D eigenvalue weighted by molar-refractivity contribution is 6.31. The van der Waals surface area contributed by atoms with Crippen molar-refractivity contribution in [3.63, 3.8) is 0 Å². The summed E-state index contributed by atoms with van der Waals surface area (Å²) in [6.07, 6.45) is 7.10. The second kappa shape index (κ2) is 12.5. The number of carbonyl (C=O) groups is 2. The summed E-state index contributed by atoms with van der Waals surface area (Å²) < 4.78 is 7.36. The molecule has 0 radical (unpaired) electrons. The average Bonchev–Trinajstić information content (AvgIpc) is 2.94. The predicted octanol–water partition coefficient (Wildman–Crippen LogP) is 4.01. The molecule has 0 saturated heterocycles. The van der Waals surface area contributed by atoms with Crippen molar-refractivity contribution in [1.82, 2.24) is 20.2 Å². The van der Waals surface area contributed by atoms with E-state index >= 15 is 0 Å². The molecule has 8 nitrogen and oxygen atoms in total. The number of amides is 2. The maximum Gasteiger partial charge on any atom is 0.263 e. The lowest BCUT2D eigenvalue weighted by molar-refractivity contribution is -0.115. The molecule has 0 aliphatic heterocycles. The standard InChI is InChI=1S/C29H25ClN4O4/c1-31-28(36)27(17-33-19-35)22-14-26(29(37)34(18-22)24-8-5-10-32-16-24)21-12-23(30)15-25(13-21)38-11-9-20-6-3-2-4-7-20/h2-8,10,12-19H,9,11H2,1H3,(H,31,36)(H,33,35)/b27-17-. The highest BCUT2D eigenvalue weighted by Gasteiger charge is 2.18. The van der Waals surface area contributed by atoms with Gasteiger partial charge in [0, 0.05) is 48.2 Å². The number of hydrogen-bond donors (Lipinski definition) is 2. The fourth-order valence-electron chi connectivity index (χ4n) is 3.89. The number of ether oxygens (including phenoxy) is 1. The van der Waals surface area contributed by atoms with E-state index in [1.54, 1.807) is 42.6 Å². The monoisotopic (exact) mass is 528 g/mol. The first-order valence-corrected chi connectivity index (χ1v) is 12.1. The lowest BCUT2D eigenvalue weighted by Gasteiger charge is -2.15. The molecule has 2 amide bonds. The second-order valence-electron chi connectivity index (χ2n) is 8.21. The number of pyridine rings is 2. The zero-order chi connectivity index (χ0) is 26.9. The Labute approximate surface area is 224 Å². The Morgan fingerprint density at radius 3 is 2.63 bits per heavy atom. The summed E-state index contributed by atoms with van der Waals surface area (Å²) in [5.74, 6) is 0.0589. The number of benzene rings is 2. The number of rotatable bonds is 10. The highest BCUT2D eigenvalue weighted by atomic mass is 35.5. The van der Waals surface area contributed by atoms with Crippen molar-refractivity contribution in [1.29, 1.82) is 0 Å². The molecule has 38 heavy (non-hydrogen) atoms. The third-order valence-corrected chi connectivity index (χ3v) is 5.92. The van der Waals surface area contributed by atoms with Crippen LogP contribution in [0.15, 0.2) is 96.3 Å². The van der Waals surface area contributed by atoms with Crippen LogP contribution in [-0.4, -0.2) is 35.5 Å². The number of carbonyl (C=O) groups excluding carboxylic acids is 2. The van der Waals surface area contributed by atoms with Gasteiger partial charge in [-0.3, -0.25) is 23.9 Å². The van der Waals surface area contributed by atoms with Gasteiger partial charge in [-0.05, 0) is 47.5 Å². The number of likely N-dealkylation sites (N-methyl/N-ethyl adjacent to an activating group) is 1. The van der Waals surface area contributed by atoms with Gasteiger partial charge >= 0.3 is 0 Å². The van der Waals surface area contributed by atoms with E-state index in [4.69, 9.17) is 16.3 Å². The fourth-order valence-corrected chi connectivity index (χ4v) is 4.11. The number of halogens is 1. The Hall–Kier alpha value is -4.69. The molecule has 4 rings (SSSR count). The first-order valence-electron chi connectivity index (χ1n) is 11.8. The summed E-state index contributed by atoms with van der Waals surface area (Å²) in [6, 6.07) is 20.0. The molecule has 2 aromatic heterocycles. The van der Waals surface area contributed by atoms with Crippen LogP contribution in [0, 0.1) is 0 Å². The molecule has 0 aliphatic carbocycles. The minimum atomic E-state index is -0.447. The molecular weight excluding hydrogens is 504 g/mol. The summed E-state index contributed by atoms with van der Waals surface area (Å²) in [5.41, 5.74) is 2.63. The molecule has 2 aromatic carbocycles. The molecular formula is C29H25ClN4O4.